The number of hydrogen-bond acceptors (Lipinski definition) is 3. The van der Waals surface area contributed by atoms with Crippen LogP contribution in [0.4, 0.5) is 5.69 Å². The molecule has 19 heavy (non-hydrogen) atoms. The number of pyridine rings is 1. The molecule has 100 valence electrons. The van der Waals surface area contributed by atoms with E-state index in [9.17, 15) is 0 Å². The van der Waals surface area contributed by atoms with E-state index in [4.69, 9.17) is 11.6 Å². The van der Waals surface area contributed by atoms with Gasteiger partial charge in [-0.15, -0.1) is 0 Å². The summed E-state index contributed by atoms with van der Waals surface area (Å²) in [6, 6.07) is 10.2. The number of benzene rings is 1. The fraction of sp³-hybridized carbons (Fsp3) is 0.267. The molecule has 0 fully saturated rings. The maximum Gasteiger partial charge on any atom is 0.0471 e. The van der Waals surface area contributed by atoms with E-state index < -0.39 is 0 Å². The first-order chi connectivity index (χ1) is 9.20. The van der Waals surface area contributed by atoms with E-state index in [0.29, 0.717) is 0 Å². The zero-order valence-electron chi connectivity index (χ0n) is 11.2. The van der Waals surface area contributed by atoms with Crippen molar-refractivity contribution in [2.45, 2.75) is 13.1 Å². The van der Waals surface area contributed by atoms with Crippen molar-refractivity contribution in [3.05, 3.63) is 58.9 Å². The van der Waals surface area contributed by atoms with Gasteiger partial charge in [-0.25, -0.2) is 0 Å². The largest absolute Gasteiger partial charge is 0.370 e. The van der Waals surface area contributed by atoms with E-state index in [1.807, 2.05) is 25.4 Å². The predicted octanol–water partition coefficient (Wildman–Crippen LogP) is 3.09. The lowest BCUT2D eigenvalue weighted by Gasteiger charge is -2.20. The lowest BCUT2D eigenvalue weighted by Crippen LogP contribution is -2.16. The lowest BCUT2D eigenvalue weighted by atomic mass is 10.2. The van der Waals surface area contributed by atoms with Crippen molar-refractivity contribution in [2.24, 2.45) is 0 Å². The number of rotatable bonds is 5. The van der Waals surface area contributed by atoms with Gasteiger partial charge in [-0.3, -0.25) is 4.98 Å². The molecule has 0 aliphatic carbocycles. The molecule has 4 heteroatoms. The number of nitrogens with zero attached hydrogens (tertiary/aromatic N) is 2. The van der Waals surface area contributed by atoms with E-state index in [2.05, 4.69) is 40.4 Å². The van der Waals surface area contributed by atoms with Crippen LogP contribution in [0.1, 0.15) is 11.1 Å². The van der Waals surface area contributed by atoms with Crippen LogP contribution < -0.4 is 10.2 Å². The van der Waals surface area contributed by atoms with Gasteiger partial charge in [-0.05, 0) is 36.4 Å². The van der Waals surface area contributed by atoms with E-state index >= 15 is 0 Å². The Balaban J connectivity index is 2.11. The summed E-state index contributed by atoms with van der Waals surface area (Å²) in [5, 5.41) is 3.90. The fourth-order valence-electron chi connectivity index (χ4n) is 1.96. The summed E-state index contributed by atoms with van der Waals surface area (Å²) < 4.78 is 0. The minimum atomic E-state index is 0.783. The van der Waals surface area contributed by atoms with Gasteiger partial charge in [0.1, 0.15) is 0 Å². The molecular weight excluding hydrogens is 258 g/mol. The Labute approximate surface area is 119 Å². The third-order valence-corrected chi connectivity index (χ3v) is 3.34. The Morgan fingerprint density at radius 2 is 2.16 bits per heavy atom. The van der Waals surface area contributed by atoms with Crippen molar-refractivity contribution in [1.82, 2.24) is 10.3 Å². The third-order valence-electron chi connectivity index (χ3n) is 2.99. The van der Waals surface area contributed by atoms with E-state index in [0.717, 1.165) is 29.4 Å². The van der Waals surface area contributed by atoms with Crippen LogP contribution in [0.2, 0.25) is 5.02 Å². The number of halogens is 1. The zero-order valence-corrected chi connectivity index (χ0v) is 12.0. The van der Waals surface area contributed by atoms with Gasteiger partial charge in [0.15, 0.2) is 0 Å². The molecule has 0 saturated heterocycles. The molecule has 0 aliphatic heterocycles. The highest BCUT2D eigenvalue weighted by atomic mass is 35.5. The molecule has 1 N–H and O–H groups in total. The van der Waals surface area contributed by atoms with Gasteiger partial charge in [0.25, 0.3) is 0 Å². The summed E-state index contributed by atoms with van der Waals surface area (Å²) in [4.78, 5) is 6.29. The summed E-state index contributed by atoms with van der Waals surface area (Å²) in [6.45, 7) is 1.60. The Bertz CT molecular complexity index is 528. The normalized spacial score (nSPS) is 10.5. The van der Waals surface area contributed by atoms with Gasteiger partial charge in [0.05, 0.1) is 0 Å². The van der Waals surface area contributed by atoms with Gasteiger partial charge in [-0.2, -0.15) is 0 Å². The van der Waals surface area contributed by atoms with Crippen molar-refractivity contribution in [1.29, 1.82) is 0 Å². The van der Waals surface area contributed by atoms with E-state index in [1.165, 1.54) is 5.56 Å². The summed E-state index contributed by atoms with van der Waals surface area (Å²) >= 11 is 6.28. The highest BCUT2D eigenvalue weighted by molar-refractivity contribution is 6.31. The quantitative estimate of drug-likeness (QED) is 0.909. The highest BCUT2D eigenvalue weighted by Crippen LogP contribution is 2.24. The average molecular weight is 276 g/mol. The molecular formula is C15H18ClN3. The van der Waals surface area contributed by atoms with E-state index in [1.54, 1.807) is 6.20 Å². The molecule has 0 amide bonds. The summed E-state index contributed by atoms with van der Waals surface area (Å²) in [6.07, 6.45) is 3.67. The molecule has 0 radical (unpaired) electrons. The molecule has 3 nitrogen and oxygen atoms in total. The second-order valence-electron chi connectivity index (χ2n) is 4.52. The second-order valence-corrected chi connectivity index (χ2v) is 4.93. The molecule has 0 aliphatic rings. The number of anilines is 1. The molecule has 2 aromatic rings. The monoisotopic (exact) mass is 275 g/mol. The minimum Gasteiger partial charge on any atom is -0.370 e. The first-order valence-electron chi connectivity index (χ1n) is 6.24. The topological polar surface area (TPSA) is 28.2 Å². The predicted molar refractivity (Wildman–Crippen MR) is 80.6 cm³/mol. The molecule has 0 saturated carbocycles. The van der Waals surface area contributed by atoms with Gasteiger partial charge in [0.2, 0.25) is 0 Å². The second kappa shape index (κ2) is 6.55. The zero-order chi connectivity index (χ0) is 13.7. The molecule has 0 atom stereocenters. The van der Waals surface area contributed by atoms with E-state index in [-0.39, 0.29) is 0 Å². The molecule has 1 aromatic heterocycles. The van der Waals surface area contributed by atoms with Crippen molar-refractivity contribution in [3.8, 4) is 0 Å². The first-order valence-corrected chi connectivity index (χ1v) is 6.61. The van der Waals surface area contributed by atoms with Crippen LogP contribution in [0, 0.1) is 0 Å². The van der Waals surface area contributed by atoms with Gasteiger partial charge >= 0.3 is 0 Å². The summed E-state index contributed by atoms with van der Waals surface area (Å²) in [5.74, 6) is 0. The maximum absolute atomic E-state index is 6.28. The SMILES string of the molecule is CNCc1ccc(N(C)Cc2cccnc2)cc1Cl. The first kappa shape index (κ1) is 13.8. The van der Waals surface area contributed by atoms with Crippen LogP contribution in [0.3, 0.4) is 0 Å². The fourth-order valence-corrected chi connectivity index (χ4v) is 2.21. The molecule has 0 bridgehead atoms. The van der Waals surface area contributed by atoms with Gasteiger partial charge in [-0.1, -0.05) is 23.7 Å². The molecule has 1 heterocycles. The summed E-state index contributed by atoms with van der Waals surface area (Å²) in [5.41, 5.74) is 3.40. The molecule has 0 unspecified atom stereocenters. The number of aromatic nitrogens is 1. The van der Waals surface area contributed by atoms with Crippen molar-refractivity contribution < 1.29 is 0 Å². The van der Waals surface area contributed by atoms with Gasteiger partial charge in [0, 0.05) is 43.2 Å². The molecule has 0 spiro atoms. The van der Waals surface area contributed by atoms with Gasteiger partial charge < -0.3 is 10.2 Å². The average Bonchev–Trinajstić information content (AvgIpc) is 2.42. The maximum atomic E-state index is 6.28. The lowest BCUT2D eigenvalue weighted by molar-refractivity contribution is 0.817. The number of nitrogens with one attached hydrogen (secondary N) is 1. The van der Waals surface area contributed by atoms with Crippen molar-refractivity contribution in [3.63, 3.8) is 0 Å². The number of hydrogen-bond donors (Lipinski definition) is 1. The molecule has 1 aromatic carbocycles. The highest BCUT2D eigenvalue weighted by Gasteiger charge is 2.06. The van der Waals surface area contributed by atoms with Crippen molar-refractivity contribution in [2.75, 3.05) is 19.0 Å². The van der Waals surface area contributed by atoms with Crippen molar-refractivity contribution >= 4 is 17.3 Å². The standard InChI is InChI=1S/C15H18ClN3/c1-17-10-13-5-6-14(8-15(13)16)19(2)11-12-4-3-7-18-9-12/h3-9,17H,10-11H2,1-2H3. The van der Waals surface area contributed by atoms with Crippen LogP contribution in [0.15, 0.2) is 42.7 Å². The van der Waals surface area contributed by atoms with Crippen LogP contribution in [0.25, 0.3) is 0 Å². The van der Waals surface area contributed by atoms with Crippen LogP contribution in [-0.4, -0.2) is 19.1 Å². The molecule has 2 rings (SSSR count). The van der Waals surface area contributed by atoms with Crippen LogP contribution in [0.5, 0.6) is 0 Å². The Morgan fingerprint density at radius 1 is 1.32 bits per heavy atom. The van der Waals surface area contributed by atoms with Crippen LogP contribution >= 0.6 is 11.6 Å². The Kier molecular flexibility index (Phi) is 4.77. The van der Waals surface area contributed by atoms with Crippen LogP contribution in [-0.2, 0) is 13.1 Å². The smallest absolute Gasteiger partial charge is 0.0471 e. The Hall–Kier alpha value is -1.58. The minimum absolute atomic E-state index is 0.783. The third kappa shape index (κ3) is 3.69. The Morgan fingerprint density at radius 3 is 2.79 bits per heavy atom. The summed E-state index contributed by atoms with van der Waals surface area (Å²) in [7, 11) is 3.97.